The van der Waals surface area contributed by atoms with E-state index in [1.807, 2.05) is 27.7 Å². The van der Waals surface area contributed by atoms with Gasteiger partial charge in [0, 0.05) is 19.5 Å². The largest absolute Gasteiger partial charge is 0.516 e. The maximum Gasteiger partial charge on any atom is 0.516 e. The van der Waals surface area contributed by atoms with Gasteiger partial charge in [-0.3, -0.25) is 4.79 Å². The molecule has 1 aliphatic heterocycles. The van der Waals surface area contributed by atoms with E-state index in [1.54, 1.807) is 4.90 Å². The molecule has 0 aromatic rings. The summed E-state index contributed by atoms with van der Waals surface area (Å²) in [6.45, 7) is 8.79. The zero-order chi connectivity index (χ0) is 18.2. The molecule has 0 aromatic heterocycles. The molecule has 1 heterocycles. The molecule has 0 spiro atoms. The van der Waals surface area contributed by atoms with Crippen molar-refractivity contribution in [2.45, 2.75) is 65.4 Å². The minimum Gasteiger partial charge on any atom is -0.444 e. The van der Waals surface area contributed by atoms with E-state index in [9.17, 15) is 14.4 Å². The second kappa shape index (κ2) is 9.49. The summed E-state index contributed by atoms with van der Waals surface area (Å²) in [5.41, 5.74) is -0.518. The van der Waals surface area contributed by atoms with Crippen molar-refractivity contribution in [3.8, 4) is 0 Å². The Hall–Kier alpha value is -1.79. The maximum atomic E-state index is 12.0. The van der Waals surface area contributed by atoms with Gasteiger partial charge in [-0.1, -0.05) is 13.3 Å². The Morgan fingerprint density at radius 2 is 1.75 bits per heavy atom. The third kappa shape index (κ3) is 8.17. The Morgan fingerprint density at radius 1 is 1.12 bits per heavy atom. The maximum absolute atomic E-state index is 12.0. The molecule has 1 aliphatic rings. The molecule has 0 unspecified atom stereocenters. The molecule has 1 fully saturated rings. The number of piperidine rings is 1. The molecular formula is C17H29NO6. The van der Waals surface area contributed by atoms with Crippen LogP contribution in [-0.2, 0) is 19.0 Å². The molecule has 138 valence electrons. The molecule has 7 heteroatoms. The Balaban J connectivity index is 2.26. The van der Waals surface area contributed by atoms with Gasteiger partial charge in [0.25, 0.3) is 0 Å². The molecule has 0 N–H and O–H groups in total. The second-order valence-electron chi connectivity index (χ2n) is 7.04. The number of hydrogen-bond acceptors (Lipinski definition) is 6. The Kier molecular flexibility index (Phi) is 8.01. The molecule has 0 bridgehead atoms. The van der Waals surface area contributed by atoms with Crippen LogP contribution in [-0.4, -0.2) is 48.4 Å². The quantitative estimate of drug-likeness (QED) is 0.432. The van der Waals surface area contributed by atoms with Gasteiger partial charge >= 0.3 is 18.2 Å². The summed E-state index contributed by atoms with van der Waals surface area (Å²) in [6.07, 6.45) is 1.90. The van der Waals surface area contributed by atoms with Crippen LogP contribution in [0.4, 0.5) is 9.59 Å². The Bertz CT molecular complexity index is 435. The van der Waals surface area contributed by atoms with E-state index < -0.39 is 17.7 Å². The van der Waals surface area contributed by atoms with E-state index in [4.69, 9.17) is 9.47 Å². The van der Waals surface area contributed by atoms with Crippen LogP contribution in [0, 0.1) is 5.92 Å². The number of carbonyl (C=O) groups is 3. The first kappa shape index (κ1) is 20.3. The average Bonchev–Trinajstić information content (AvgIpc) is 2.46. The molecule has 0 saturated carbocycles. The molecule has 7 nitrogen and oxygen atoms in total. The summed E-state index contributed by atoms with van der Waals surface area (Å²) < 4.78 is 14.7. The Labute approximate surface area is 143 Å². The summed E-state index contributed by atoms with van der Waals surface area (Å²) in [7, 11) is 0. The molecule has 0 atom stereocenters. The van der Waals surface area contributed by atoms with Crippen molar-refractivity contribution in [2.24, 2.45) is 5.92 Å². The predicted molar refractivity (Wildman–Crippen MR) is 87.5 cm³/mol. The lowest BCUT2D eigenvalue weighted by molar-refractivity contribution is -0.141. The van der Waals surface area contributed by atoms with Crippen molar-refractivity contribution >= 4 is 18.2 Å². The third-order valence-electron chi connectivity index (χ3n) is 3.64. The fraction of sp³-hybridized carbons (Fsp3) is 0.824. The normalized spacial score (nSPS) is 15.8. The monoisotopic (exact) mass is 343 g/mol. The lowest BCUT2D eigenvalue weighted by Gasteiger charge is -2.33. The molecule has 1 rings (SSSR count). The number of nitrogens with zero attached hydrogens (tertiary/aromatic N) is 1. The topological polar surface area (TPSA) is 82.1 Å². The summed E-state index contributed by atoms with van der Waals surface area (Å²) in [4.78, 5) is 36.6. The summed E-state index contributed by atoms with van der Waals surface area (Å²) in [5, 5.41) is 0. The van der Waals surface area contributed by atoms with Crippen molar-refractivity contribution in [1.29, 1.82) is 0 Å². The van der Waals surface area contributed by atoms with E-state index in [1.165, 1.54) is 0 Å². The van der Waals surface area contributed by atoms with Gasteiger partial charge in [0.15, 0.2) is 0 Å². The molecule has 0 radical (unpaired) electrons. The third-order valence-corrected chi connectivity index (χ3v) is 3.64. The van der Waals surface area contributed by atoms with E-state index in [2.05, 4.69) is 4.74 Å². The van der Waals surface area contributed by atoms with Crippen molar-refractivity contribution in [3.63, 3.8) is 0 Å². The van der Waals surface area contributed by atoms with Crippen LogP contribution in [0.15, 0.2) is 0 Å². The van der Waals surface area contributed by atoms with E-state index in [0.29, 0.717) is 25.9 Å². The number of esters is 1. The molecular weight excluding hydrogens is 314 g/mol. The smallest absolute Gasteiger partial charge is 0.444 e. The van der Waals surface area contributed by atoms with Crippen LogP contribution < -0.4 is 0 Å². The van der Waals surface area contributed by atoms with Crippen LogP contribution in [0.3, 0.4) is 0 Å². The van der Waals surface area contributed by atoms with E-state index in [-0.39, 0.29) is 25.0 Å². The van der Waals surface area contributed by atoms with Crippen molar-refractivity contribution in [3.05, 3.63) is 0 Å². The van der Waals surface area contributed by atoms with Gasteiger partial charge in [-0.2, -0.15) is 0 Å². The lowest BCUT2D eigenvalue weighted by Crippen LogP contribution is -2.42. The van der Waals surface area contributed by atoms with Gasteiger partial charge in [0.2, 0.25) is 0 Å². The Morgan fingerprint density at radius 3 is 2.29 bits per heavy atom. The van der Waals surface area contributed by atoms with Crippen molar-refractivity contribution in [2.75, 3.05) is 19.7 Å². The highest BCUT2D eigenvalue weighted by Gasteiger charge is 2.28. The average molecular weight is 343 g/mol. The van der Waals surface area contributed by atoms with Crippen LogP contribution in [0.5, 0.6) is 0 Å². The first-order valence-electron chi connectivity index (χ1n) is 8.56. The zero-order valence-electron chi connectivity index (χ0n) is 15.1. The molecule has 1 saturated heterocycles. The van der Waals surface area contributed by atoms with Crippen LogP contribution in [0.2, 0.25) is 0 Å². The van der Waals surface area contributed by atoms with E-state index >= 15 is 0 Å². The van der Waals surface area contributed by atoms with Gasteiger partial charge < -0.3 is 19.1 Å². The number of amides is 1. The fourth-order valence-corrected chi connectivity index (χ4v) is 2.35. The highest BCUT2D eigenvalue weighted by Crippen LogP contribution is 2.22. The highest BCUT2D eigenvalue weighted by molar-refractivity contribution is 5.81. The zero-order valence-corrected chi connectivity index (χ0v) is 15.1. The summed E-state index contributed by atoms with van der Waals surface area (Å²) in [5.74, 6) is -0.480. The summed E-state index contributed by atoms with van der Waals surface area (Å²) >= 11 is 0. The molecule has 24 heavy (non-hydrogen) atoms. The number of carbonyl (C=O) groups excluding carboxylic acids is 3. The highest BCUT2D eigenvalue weighted by atomic mass is 16.7. The summed E-state index contributed by atoms with van der Waals surface area (Å²) in [6, 6.07) is 0. The first-order chi connectivity index (χ1) is 11.2. The first-order valence-corrected chi connectivity index (χ1v) is 8.56. The standard InChI is InChI=1S/C17H29NO6/c1-5-6-11-22-16(21)23-14(19)12-13-7-9-18(10-8-13)15(20)24-17(2,3)4/h13H,5-12H2,1-4H3. The lowest BCUT2D eigenvalue weighted by atomic mass is 9.94. The second-order valence-corrected chi connectivity index (χ2v) is 7.04. The predicted octanol–water partition coefficient (Wildman–Crippen LogP) is 3.50. The number of ether oxygens (including phenoxy) is 3. The van der Waals surface area contributed by atoms with Gasteiger partial charge in [-0.05, 0) is 46.0 Å². The van der Waals surface area contributed by atoms with Gasteiger partial charge in [-0.25, -0.2) is 9.59 Å². The van der Waals surface area contributed by atoms with Crippen LogP contribution >= 0.6 is 0 Å². The minimum atomic E-state index is -0.931. The van der Waals surface area contributed by atoms with Gasteiger partial charge in [-0.15, -0.1) is 0 Å². The van der Waals surface area contributed by atoms with Crippen molar-refractivity contribution in [1.82, 2.24) is 4.90 Å². The number of likely N-dealkylation sites (tertiary alicyclic amines) is 1. The van der Waals surface area contributed by atoms with Gasteiger partial charge in [0.1, 0.15) is 5.60 Å². The van der Waals surface area contributed by atoms with Crippen LogP contribution in [0.1, 0.15) is 59.8 Å². The van der Waals surface area contributed by atoms with E-state index in [0.717, 1.165) is 12.8 Å². The van der Waals surface area contributed by atoms with Crippen molar-refractivity contribution < 1.29 is 28.6 Å². The fourth-order valence-electron chi connectivity index (χ4n) is 2.35. The molecule has 0 aromatic carbocycles. The molecule has 0 aliphatic carbocycles. The number of rotatable bonds is 5. The minimum absolute atomic E-state index is 0.0969. The van der Waals surface area contributed by atoms with Gasteiger partial charge in [0.05, 0.1) is 6.61 Å². The number of unbranched alkanes of at least 4 members (excludes halogenated alkanes) is 1. The molecule has 1 amide bonds. The number of hydrogen-bond donors (Lipinski definition) is 0. The van der Waals surface area contributed by atoms with Crippen LogP contribution in [0.25, 0.3) is 0 Å². The SMILES string of the molecule is CCCCOC(=O)OC(=O)CC1CCN(C(=O)OC(C)(C)C)CC1.